The fourth-order valence-corrected chi connectivity index (χ4v) is 1.43. The van der Waals surface area contributed by atoms with E-state index in [0.717, 1.165) is 0 Å². The van der Waals surface area contributed by atoms with Crippen LogP contribution in [-0.4, -0.2) is 28.2 Å². The Morgan fingerprint density at radius 3 is 2.71 bits per heavy atom. The van der Waals surface area contributed by atoms with E-state index in [1.54, 1.807) is 6.07 Å². The zero-order chi connectivity index (χ0) is 12.8. The van der Waals surface area contributed by atoms with Crippen LogP contribution in [0.25, 0.3) is 0 Å². The van der Waals surface area contributed by atoms with Crippen molar-refractivity contribution in [1.82, 2.24) is 10.5 Å². The van der Waals surface area contributed by atoms with Crippen LogP contribution in [0.1, 0.15) is 26.0 Å². The van der Waals surface area contributed by atoms with E-state index in [9.17, 15) is 9.59 Å². The van der Waals surface area contributed by atoms with Crippen LogP contribution in [0.5, 0.6) is 0 Å². The Balaban J connectivity index is 2.49. The number of nitrogens with one attached hydrogen (secondary N) is 1. The van der Waals surface area contributed by atoms with Crippen LogP contribution in [0.4, 0.5) is 0 Å². The van der Waals surface area contributed by atoms with Gasteiger partial charge in [-0.3, -0.25) is 4.79 Å². The third-order valence-electron chi connectivity index (χ3n) is 2.17. The van der Waals surface area contributed by atoms with Gasteiger partial charge in [-0.15, -0.1) is 0 Å². The summed E-state index contributed by atoms with van der Waals surface area (Å²) in [5.74, 6) is -1.19. The first kappa shape index (κ1) is 13.2. The third kappa shape index (κ3) is 4.67. The molecule has 0 aliphatic heterocycles. The average molecular weight is 240 g/mol. The van der Waals surface area contributed by atoms with Crippen molar-refractivity contribution in [2.75, 3.05) is 0 Å². The van der Waals surface area contributed by atoms with Gasteiger partial charge in [0.1, 0.15) is 12.3 Å². The molecule has 0 saturated heterocycles. The molecule has 0 radical (unpaired) electrons. The molecule has 1 heterocycles. The second-order valence-corrected chi connectivity index (χ2v) is 4.26. The third-order valence-corrected chi connectivity index (χ3v) is 2.17. The molecule has 17 heavy (non-hydrogen) atoms. The van der Waals surface area contributed by atoms with E-state index >= 15 is 0 Å². The summed E-state index contributed by atoms with van der Waals surface area (Å²) < 4.78 is 4.59. The lowest BCUT2D eigenvalue weighted by molar-refractivity contribution is -0.142. The normalized spacial score (nSPS) is 12.4. The van der Waals surface area contributed by atoms with Gasteiger partial charge >= 0.3 is 5.97 Å². The molecule has 0 bridgehead atoms. The van der Waals surface area contributed by atoms with E-state index in [4.69, 9.17) is 5.11 Å². The lowest BCUT2D eigenvalue weighted by atomic mass is 10.0. The van der Waals surface area contributed by atoms with Crippen LogP contribution in [0.15, 0.2) is 16.9 Å². The summed E-state index contributed by atoms with van der Waals surface area (Å²) >= 11 is 0. The van der Waals surface area contributed by atoms with Gasteiger partial charge < -0.3 is 14.9 Å². The summed E-state index contributed by atoms with van der Waals surface area (Å²) in [5.41, 5.74) is 0.483. The first-order valence-electron chi connectivity index (χ1n) is 5.40. The zero-order valence-corrected chi connectivity index (χ0v) is 9.84. The minimum absolute atomic E-state index is 0.0262. The van der Waals surface area contributed by atoms with Gasteiger partial charge in [0.15, 0.2) is 0 Å². The Kier molecular flexibility index (Phi) is 4.68. The summed E-state index contributed by atoms with van der Waals surface area (Å²) in [7, 11) is 0. The number of amides is 1. The van der Waals surface area contributed by atoms with E-state index in [1.807, 2.05) is 13.8 Å². The molecule has 0 fully saturated rings. The summed E-state index contributed by atoms with van der Waals surface area (Å²) in [5, 5.41) is 15.0. The number of carbonyl (C=O) groups is 2. The average Bonchev–Trinajstić information content (AvgIpc) is 2.68. The van der Waals surface area contributed by atoms with Crippen LogP contribution < -0.4 is 5.32 Å². The Bertz CT molecular complexity index is 373. The number of aliphatic carboxylic acids is 1. The predicted molar refractivity (Wildman–Crippen MR) is 59.2 cm³/mol. The van der Waals surface area contributed by atoms with Gasteiger partial charge in [-0.1, -0.05) is 19.0 Å². The van der Waals surface area contributed by atoms with Crippen molar-refractivity contribution in [3.8, 4) is 0 Å². The highest BCUT2D eigenvalue weighted by atomic mass is 16.5. The molecule has 6 nitrogen and oxygen atoms in total. The lowest BCUT2D eigenvalue weighted by Crippen LogP contribution is -2.42. The summed E-state index contributed by atoms with van der Waals surface area (Å²) in [6.45, 7) is 3.81. The van der Waals surface area contributed by atoms with Crippen LogP contribution in [-0.2, 0) is 16.0 Å². The van der Waals surface area contributed by atoms with E-state index < -0.39 is 12.0 Å². The fraction of sp³-hybridized carbons (Fsp3) is 0.545. The maximum absolute atomic E-state index is 11.6. The monoisotopic (exact) mass is 240 g/mol. The first-order chi connectivity index (χ1) is 7.99. The number of carbonyl (C=O) groups excluding carboxylic acids is 1. The van der Waals surface area contributed by atoms with Crippen molar-refractivity contribution in [3.05, 3.63) is 18.0 Å². The highest BCUT2D eigenvalue weighted by Gasteiger charge is 2.21. The van der Waals surface area contributed by atoms with E-state index in [-0.39, 0.29) is 18.2 Å². The Morgan fingerprint density at radius 2 is 2.24 bits per heavy atom. The van der Waals surface area contributed by atoms with Crippen molar-refractivity contribution in [3.63, 3.8) is 0 Å². The molecular weight excluding hydrogens is 224 g/mol. The maximum atomic E-state index is 11.6. The van der Waals surface area contributed by atoms with Crippen LogP contribution in [0.3, 0.4) is 0 Å². The number of carboxylic acids is 1. The SMILES string of the molecule is CC(C)CC(NC(=O)Cc1ccon1)C(=O)O. The van der Waals surface area contributed by atoms with Crippen molar-refractivity contribution in [2.24, 2.45) is 5.92 Å². The predicted octanol–water partition coefficient (Wildman–Crippen LogP) is 0.833. The molecule has 1 rings (SSSR count). The van der Waals surface area contributed by atoms with E-state index in [1.165, 1.54) is 6.26 Å². The van der Waals surface area contributed by atoms with E-state index in [2.05, 4.69) is 15.0 Å². The standard InChI is InChI=1S/C11H16N2O4/c1-7(2)5-9(11(15)16)12-10(14)6-8-3-4-17-13-8/h3-4,7,9H,5-6H2,1-2H3,(H,12,14)(H,15,16). The Hall–Kier alpha value is -1.85. The fourth-order valence-electron chi connectivity index (χ4n) is 1.43. The smallest absolute Gasteiger partial charge is 0.326 e. The molecule has 1 aromatic heterocycles. The quantitative estimate of drug-likeness (QED) is 0.768. The molecule has 2 N–H and O–H groups in total. The van der Waals surface area contributed by atoms with Gasteiger partial charge in [0, 0.05) is 6.07 Å². The van der Waals surface area contributed by atoms with Crippen molar-refractivity contribution in [2.45, 2.75) is 32.7 Å². The maximum Gasteiger partial charge on any atom is 0.326 e. The van der Waals surface area contributed by atoms with E-state index in [0.29, 0.717) is 12.1 Å². The summed E-state index contributed by atoms with van der Waals surface area (Å²) in [4.78, 5) is 22.5. The molecule has 0 aliphatic rings. The highest BCUT2D eigenvalue weighted by molar-refractivity contribution is 5.84. The molecule has 1 aromatic rings. The molecule has 1 unspecified atom stereocenters. The molecule has 0 aromatic carbocycles. The Morgan fingerprint density at radius 1 is 1.53 bits per heavy atom. The molecular formula is C11H16N2O4. The van der Waals surface area contributed by atoms with Crippen molar-refractivity contribution < 1.29 is 19.2 Å². The topological polar surface area (TPSA) is 92.4 Å². The number of hydrogen-bond acceptors (Lipinski definition) is 4. The van der Waals surface area contributed by atoms with Gasteiger partial charge in [0.05, 0.1) is 12.1 Å². The van der Waals surface area contributed by atoms with Crippen molar-refractivity contribution in [1.29, 1.82) is 0 Å². The van der Waals surface area contributed by atoms with Gasteiger partial charge in [-0.25, -0.2) is 4.79 Å². The second-order valence-electron chi connectivity index (χ2n) is 4.26. The number of hydrogen-bond donors (Lipinski definition) is 2. The highest BCUT2D eigenvalue weighted by Crippen LogP contribution is 2.05. The lowest BCUT2D eigenvalue weighted by Gasteiger charge is -2.15. The molecule has 94 valence electrons. The summed E-state index contributed by atoms with van der Waals surface area (Å²) in [6.07, 6.45) is 1.80. The van der Waals surface area contributed by atoms with Gasteiger partial charge in [-0.2, -0.15) is 0 Å². The second kappa shape index (κ2) is 6.03. The van der Waals surface area contributed by atoms with Crippen LogP contribution >= 0.6 is 0 Å². The Labute approximate surface area is 99.0 Å². The summed E-state index contributed by atoms with van der Waals surface area (Å²) in [6, 6.07) is 0.715. The van der Waals surface area contributed by atoms with Crippen LogP contribution in [0, 0.1) is 5.92 Å². The van der Waals surface area contributed by atoms with Crippen molar-refractivity contribution >= 4 is 11.9 Å². The molecule has 1 atom stereocenters. The minimum atomic E-state index is -1.02. The molecule has 6 heteroatoms. The zero-order valence-electron chi connectivity index (χ0n) is 9.84. The number of aromatic nitrogens is 1. The number of rotatable bonds is 6. The largest absolute Gasteiger partial charge is 0.480 e. The minimum Gasteiger partial charge on any atom is -0.480 e. The molecule has 0 spiro atoms. The molecule has 0 aliphatic carbocycles. The van der Waals surface area contributed by atoms with Gasteiger partial charge in [0.25, 0.3) is 0 Å². The molecule has 1 amide bonds. The first-order valence-corrected chi connectivity index (χ1v) is 5.40. The van der Waals surface area contributed by atoms with Gasteiger partial charge in [-0.05, 0) is 12.3 Å². The van der Waals surface area contributed by atoms with Gasteiger partial charge in [0.2, 0.25) is 5.91 Å². The molecule has 0 saturated carbocycles. The number of nitrogens with zero attached hydrogens (tertiary/aromatic N) is 1. The van der Waals surface area contributed by atoms with Crippen LogP contribution in [0.2, 0.25) is 0 Å². The number of carboxylic acid groups (broad SMARTS) is 1.